The van der Waals surface area contributed by atoms with Crippen molar-refractivity contribution in [1.29, 1.82) is 0 Å². The lowest BCUT2D eigenvalue weighted by molar-refractivity contribution is -0.156. The first kappa shape index (κ1) is 14.0. The third-order valence-corrected chi connectivity index (χ3v) is 2.98. The molecule has 0 bridgehead atoms. The van der Waals surface area contributed by atoms with Gasteiger partial charge in [-0.3, -0.25) is 4.79 Å². The van der Waals surface area contributed by atoms with E-state index in [0.29, 0.717) is 39.0 Å². The fourth-order valence-electron chi connectivity index (χ4n) is 2.11. The number of amides is 1. The van der Waals surface area contributed by atoms with Crippen molar-refractivity contribution in [3.63, 3.8) is 0 Å². The molecular weight excluding hydrogens is 220 g/mol. The standard InChI is InChI=1S/C12H22N2O3/c1-2-17-12(16)10-6-3-4-9-14(10)11(15)7-5-8-13/h10H,2-9,13H2,1H3. The Morgan fingerprint density at radius 3 is 2.82 bits per heavy atom. The Balaban J connectivity index is 2.58. The molecule has 0 aromatic carbocycles. The number of likely N-dealkylation sites (tertiary alicyclic amines) is 1. The molecule has 0 aromatic heterocycles. The number of nitrogens with two attached hydrogens (primary N) is 1. The van der Waals surface area contributed by atoms with Crippen LogP contribution in [0.25, 0.3) is 0 Å². The fraction of sp³-hybridized carbons (Fsp3) is 0.833. The summed E-state index contributed by atoms with van der Waals surface area (Å²) in [6.45, 7) is 3.30. The lowest BCUT2D eigenvalue weighted by Gasteiger charge is -2.34. The van der Waals surface area contributed by atoms with Crippen LogP contribution in [0.5, 0.6) is 0 Å². The van der Waals surface area contributed by atoms with Crippen LogP contribution in [-0.4, -0.2) is 42.5 Å². The van der Waals surface area contributed by atoms with Crippen molar-refractivity contribution < 1.29 is 14.3 Å². The smallest absolute Gasteiger partial charge is 0.328 e. The average molecular weight is 242 g/mol. The molecule has 1 amide bonds. The van der Waals surface area contributed by atoms with Crippen molar-refractivity contribution >= 4 is 11.9 Å². The molecule has 0 saturated carbocycles. The van der Waals surface area contributed by atoms with Gasteiger partial charge in [0, 0.05) is 13.0 Å². The highest BCUT2D eigenvalue weighted by atomic mass is 16.5. The normalized spacial score (nSPS) is 20.1. The maximum atomic E-state index is 11.9. The number of carbonyl (C=O) groups is 2. The van der Waals surface area contributed by atoms with Gasteiger partial charge in [0.15, 0.2) is 0 Å². The molecule has 1 saturated heterocycles. The summed E-state index contributed by atoms with van der Waals surface area (Å²) in [6.07, 6.45) is 3.75. The second-order valence-electron chi connectivity index (χ2n) is 4.24. The van der Waals surface area contributed by atoms with Crippen molar-refractivity contribution in [3.05, 3.63) is 0 Å². The van der Waals surface area contributed by atoms with Crippen molar-refractivity contribution in [1.82, 2.24) is 4.90 Å². The molecule has 1 rings (SSSR count). The molecule has 5 nitrogen and oxygen atoms in total. The minimum atomic E-state index is -0.381. The zero-order valence-corrected chi connectivity index (χ0v) is 10.5. The second kappa shape index (κ2) is 7.27. The molecule has 0 aliphatic carbocycles. The lowest BCUT2D eigenvalue weighted by Crippen LogP contribution is -2.48. The van der Waals surface area contributed by atoms with E-state index in [1.54, 1.807) is 11.8 Å². The number of piperidine rings is 1. The monoisotopic (exact) mass is 242 g/mol. The van der Waals surface area contributed by atoms with Crippen LogP contribution < -0.4 is 5.73 Å². The molecular formula is C12H22N2O3. The van der Waals surface area contributed by atoms with E-state index in [1.165, 1.54) is 0 Å². The number of rotatable bonds is 5. The molecule has 1 aliphatic heterocycles. The number of carbonyl (C=O) groups excluding carboxylic acids is 2. The lowest BCUT2D eigenvalue weighted by atomic mass is 10.0. The van der Waals surface area contributed by atoms with Crippen molar-refractivity contribution in [2.45, 2.75) is 45.1 Å². The van der Waals surface area contributed by atoms with E-state index < -0.39 is 0 Å². The Labute approximate surface area is 102 Å². The highest BCUT2D eigenvalue weighted by Gasteiger charge is 2.32. The predicted molar refractivity (Wildman–Crippen MR) is 64.3 cm³/mol. The van der Waals surface area contributed by atoms with Crippen LogP contribution >= 0.6 is 0 Å². The third kappa shape index (κ3) is 4.00. The molecule has 2 N–H and O–H groups in total. The summed E-state index contributed by atoms with van der Waals surface area (Å²) in [5.74, 6) is -0.249. The number of nitrogens with zero attached hydrogens (tertiary/aromatic N) is 1. The maximum Gasteiger partial charge on any atom is 0.328 e. The number of hydrogen-bond acceptors (Lipinski definition) is 4. The van der Waals surface area contributed by atoms with Crippen LogP contribution in [0.4, 0.5) is 0 Å². The quantitative estimate of drug-likeness (QED) is 0.719. The van der Waals surface area contributed by atoms with E-state index in [2.05, 4.69) is 0 Å². The number of ether oxygens (including phenoxy) is 1. The zero-order chi connectivity index (χ0) is 12.7. The first-order valence-electron chi connectivity index (χ1n) is 6.36. The van der Waals surface area contributed by atoms with Gasteiger partial charge in [-0.2, -0.15) is 0 Å². The summed E-state index contributed by atoms with van der Waals surface area (Å²) >= 11 is 0. The van der Waals surface area contributed by atoms with Gasteiger partial charge in [0.1, 0.15) is 6.04 Å². The Morgan fingerprint density at radius 2 is 2.18 bits per heavy atom. The average Bonchev–Trinajstić information content (AvgIpc) is 2.36. The summed E-state index contributed by atoms with van der Waals surface area (Å²) in [7, 11) is 0. The topological polar surface area (TPSA) is 72.6 Å². The zero-order valence-electron chi connectivity index (χ0n) is 10.5. The predicted octanol–water partition coefficient (Wildman–Crippen LogP) is 0.669. The summed E-state index contributed by atoms with van der Waals surface area (Å²) in [5, 5.41) is 0. The van der Waals surface area contributed by atoms with Gasteiger partial charge in [-0.15, -0.1) is 0 Å². The Bertz CT molecular complexity index is 268. The molecule has 17 heavy (non-hydrogen) atoms. The molecule has 98 valence electrons. The van der Waals surface area contributed by atoms with Gasteiger partial charge < -0.3 is 15.4 Å². The third-order valence-electron chi connectivity index (χ3n) is 2.98. The summed E-state index contributed by atoms with van der Waals surface area (Å²) in [4.78, 5) is 25.3. The Morgan fingerprint density at radius 1 is 1.41 bits per heavy atom. The number of hydrogen-bond donors (Lipinski definition) is 1. The van der Waals surface area contributed by atoms with E-state index >= 15 is 0 Å². The van der Waals surface area contributed by atoms with E-state index in [1.807, 2.05) is 0 Å². The molecule has 1 heterocycles. The van der Waals surface area contributed by atoms with Gasteiger partial charge >= 0.3 is 5.97 Å². The fourth-order valence-corrected chi connectivity index (χ4v) is 2.11. The highest BCUT2D eigenvalue weighted by molar-refractivity contribution is 5.84. The SMILES string of the molecule is CCOC(=O)C1CCCCN1C(=O)CCCN. The van der Waals surface area contributed by atoms with Crippen LogP contribution in [-0.2, 0) is 14.3 Å². The van der Waals surface area contributed by atoms with E-state index in [4.69, 9.17) is 10.5 Å². The van der Waals surface area contributed by atoms with Gasteiger partial charge in [0.2, 0.25) is 5.91 Å². The summed E-state index contributed by atoms with van der Waals surface area (Å²) in [5.41, 5.74) is 5.39. The molecule has 5 heteroatoms. The van der Waals surface area contributed by atoms with Crippen molar-refractivity contribution in [2.75, 3.05) is 19.7 Å². The number of esters is 1. The van der Waals surface area contributed by atoms with Crippen LogP contribution in [0, 0.1) is 0 Å². The largest absolute Gasteiger partial charge is 0.464 e. The van der Waals surface area contributed by atoms with E-state index in [9.17, 15) is 9.59 Å². The molecule has 0 spiro atoms. The van der Waals surface area contributed by atoms with Gasteiger partial charge in [-0.05, 0) is 39.2 Å². The Hall–Kier alpha value is -1.10. The summed E-state index contributed by atoms with van der Waals surface area (Å²) < 4.78 is 5.01. The highest BCUT2D eigenvalue weighted by Crippen LogP contribution is 2.19. The van der Waals surface area contributed by atoms with Gasteiger partial charge in [-0.1, -0.05) is 0 Å². The van der Waals surface area contributed by atoms with Gasteiger partial charge in [0.05, 0.1) is 6.61 Å². The molecule has 1 fully saturated rings. The Kier molecular flexibility index (Phi) is 5.97. The van der Waals surface area contributed by atoms with E-state index in [-0.39, 0.29) is 17.9 Å². The van der Waals surface area contributed by atoms with Crippen molar-refractivity contribution in [2.24, 2.45) is 5.73 Å². The molecule has 1 atom stereocenters. The van der Waals surface area contributed by atoms with Crippen LogP contribution in [0.2, 0.25) is 0 Å². The van der Waals surface area contributed by atoms with Gasteiger partial charge in [-0.25, -0.2) is 4.79 Å². The van der Waals surface area contributed by atoms with Crippen LogP contribution in [0.3, 0.4) is 0 Å². The second-order valence-corrected chi connectivity index (χ2v) is 4.24. The van der Waals surface area contributed by atoms with Crippen molar-refractivity contribution in [3.8, 4) is 0 Å². The van der Waals surface area contributed by atoms with E-state index in [0.717, 1.165) is 12.8 Å². The van der Waals surface area contributed by atoms with Gasteiger partial charge in [0.25, 0.3) is 0 Å². The molecule has 1 unspecified atom stereocenters. The molecule has 1 aliphatic rings. The minimum absolute atomic E-state index is 0.0215. The minimum Gasteiger partial charge on any atom is -0.464 e. The summed E-state index contributed by atoms with van der Waals surface area (Å²) in [6, 6.07) is -0.381. The van der Waals surface area contributed by atoms with Crippen LogP contribution in [0.15, 0.2) is 0 Å². The van der Waals surface area contributed by atoms with Crippen LogP contribution in [0.1, 0.15) is 39.0 Å². The molecule has 0 aromatic rings. The first-order valence-corrected chi connectivity index (χ1v) is 6.36. The first-order chi connectivity index (χ1) is 8.20. The molecule has 0 radical (unpaired) electrons. The maximum absolute atomic E-state index is 11.9.